The highest BCUT2D eigenvalue weighted by molar-refractivity contribution is 5.79. The van der Waals surface area contributed by atoms with Crippen LogP contribution < -0.4 is 5.32 Å². The van der Waals surface area contributed by atoms with Gasteiger partial charge in [0.05, 0.1) is 6.42 Å². The Hall–Kier alpha value is -3.54. The van der Waals surface area contributed by atoms with Crippen molar-refractivity contribution >= 4 is 29.8 Å². The van der Waals surface area contributed by atoms with Crippen LogP contribution in [0.1, 0.15) is 33.3 Å². The van der Waals surface area contributed by atoms with E-state index >= 15 is 0 Å². The van der Waals surface area contributed by atoms with Crippen LogP contribution in [-0.2, 0) is 54.1 Å². The molecule has 0 spiro atoms. The van der Waals surface area contributed by atoms with E-state index in [1.54, 1.807) is 0 Å². The summed E-state index contributed by atoms with van der Waals surface area (Å²) in [6, 6.07) is 3.91. The molecule has 186 valence electrons. The molecule has 34 heavy (non-hydrogen) atoms. The maximum Gasteiger partial charge on any atom is 0.305 e. The van der Waals surface area contributed by atoms with E-state index in [4.69, 9.17) is 23.7 Å². The zero-order valence-electron chi connectivity index (χ0n) is 19.1. The van der Waals surface area contributed by atoms with Gasteiger partial charge < -0.3 is 29.0 Å². The molecule has 1 aliphatic rings. The first-order valence-corrected chi connectivity index (χ1v) is 10.3. The van der Waals surface area contributed by atoms with Crippen molar-refractivity contribution in [3.05, 3.63) is 35.6 Å². The number of carbonyl (C=O) groups is 5. The number of carbonyl (C=O) groups excluding carboxylic acids is 5. The highest BCUT2D eigenvalue weighted by Crippen LogP contribution is 2.28. The summed E-state index contributed by atoms with van der Waals surface area (Å²) >= 11 is 0. The van der Waals surface area contributed by atoms with E-state index < -0.39 is 72.9 Å². The number of rotatable bonds is 8. The van der Waals surface area contributed by atoms with Crippen LogP contribution in [0.25, 0.3) is 0 Å². The predicted molar refractivity (Wildman–Crippen MR) is 110 cm³/mol. The Morgan fingerprint density at radius 1 is 0.853 bits per heavy atom. The molecule has 2 rings (SSSR count). The molecule has 0 aromatic heterocycles. The van der Waals surface area contributed by atoms with Crippen molar-refractivity contribution in [3.8, 4) is 0 Å². The standard InChI is InChI=1S/C22H26FNO10/c1-11(25)30-10-17-20(31-12(2)26)21(32-13(3)27)19(22(34-17)33-14(4)28)24-18(29)9-15-5-7-16(23)8-6-15/h5-8,17,19-22H,9-10H2,1-4H3,(H,24,29)/t17-,19-,20-,21-,22-/m1/s1. The molecule has 1 aliphatic heterocycles. The summed E-state index contributed by atoms with van der Waals surface area (Å²) in [6.07, 6.45) is -5.54. The number of hydrogen-bond donors (Lipinski definition) is 1. The molecule has 1 amide bonds. The minimum Gasteiger partial charge on any atom is -0.463 e. The van der Waals surface area contributed by atoms with Crippen LogP contribution in [0.5, 0.6) is 0 Å². The molecule has 0 bridgehead atoms. The van der Waals surface area contributed by atoms with Crippen LogP contribution in [0.2, 0.25) is 0 Å². The topological polar surface area (TPSA) is 144 Å². The summed E-state index contributed by atoms with van der Waals surface area (Å²) in [5, 5.41) is 2.57. The molecule has 0 saturated carbocycles. The van der Waals surface area contributed by atoms with Gasteiger partial charge in [-0.2, -0.15) is 0 Å². The number of nitrogens with one attached hydrogen (secondary N) is 1. The smallest absolute Gasteiger partial charge is 0.305 e. The fourth-order valence-corrected chi connectivity index (χ4v) is 3.34. The van der Waals surface area contributed by atoms with Gasteiger partial charge in [-0.15, -0.1) is 0 Å². The fraction of sp³-hybridized carbons (Fsp3) is 0.500. The molecule has 5 atom stereocenters. The molecule has 1 fully saturated rings. The quantitative estimate of drug-likeness (QED) is 0.412. The minimum atomic E-state index is -1.48. The summed E-state index contributed by atoms with van der Waals surface area (Å²) in [4.78, 5) is 59.3. The highest BCUT2D eigenvalue weighted by atomic mass is 19.1. The van der Waals surface area contributed by atoms with E-state index in [9.17, 15) is 28.4 Å². The first kappa shape index (κ1) is 26.7. The van der Waals surface area contributed by atoms with Crippen LogP contribution in [0.15, 0.2) is 24.3 Å². The maximum atomic E-state index is 13.2. The van der Waals surface area contributed by atoms with Crippen LogP contribution in [0.3, 0.4) is 0 Å². The van der Waals surface area contributed by atoms with Crippen molar-refractivity contribution in [1.29, 1.82) is 0 Å². The van der Waals surface area contributed by atoms with Crippen LogP contribution in [-0.4, -0.2) is 67.0 Å². The Morgan fingerprint density at radius 2 is 1.41 bits per heavy atom. The van der Waals surface area contributed by atoms with Crippen molar-refractivity contribution in [2.45, 2.75) is 64.8 Å². The van der Waals surface area contributed by atoms with Gasteiger partial charge in [-0.1, -0.05) is 12.1 Å². The summed E-state index contributed by atoms with van der Waals surface area (Å²) < 4.78 is 39.6. The average Bonchev–Trinajstić information content (AvgIpc) is 2.71. The summed E-state index contributed by atoms with van der Waals surface area (Å²) in [7, 11) is 0. The highest BCUT2D eigenvalue weighted by Gasteiger charge is 2.52. The van der Waals surface area contributed by atoms with E-state index in [0.717, 1.165) is 27.7 Å². The number of esters is 4. The van der Waals surface area contributed by atoms with Gasteiger partial charge in [0.25, 0.3) is 0 Å². The monoisotopic (exact) mass is 483 g/mol. The average molecular weight is 483 g/mol. The summed E-state index contributed by atoms with van der Waals surface area (Å²) in [6.45, 7) is 4.03. The minimum absolute atomic E-state index is 0.189. The first-order valence-electron chi connectivity index (χ1n) is 10.3. The molecular formula is C22H26FNO10. The molecule has 1 N–H and O–H groups in total. The third kappa shape index (κ3) is 8.10. The van der Waals surface area contributed by atoms with E-state index in [-0.39, 0.29) is 6.42 Å². The fourth-order valence-electron chi connectivity index (χ4n) is 3.34. The Labute approximate surface area is 194 Å². The van der Waals surface area contributed by atoms with Gasteiger partial charge in [0, 0.05) is 27.7 Å². The van der Waals surface area contributed by atoms with Crippen molar-refractivity contribution in [1.82, 2.24) is 5.32 Å². The molecule has 1 aromatic rings. The van der Waals surface area contributed by atoms with Gasteiger partial charge >= 0.3 is 23.9 Å². The number of ether oxygens (including phenoxy) is 5. The van der Waals surface area contributed by atoms with Crippen molar-refractivity contribution in [2.24, 2.45) is 0 Å². The third-order valence-electron chi connectivity index (χ3n) is 4.59. The number of hydrogen-bond acceptors (Lipinski definition) is 10. The van der Waals surface area contributed by atoms with Gasteiger partial charge in [-0.3, -0.25) is 24.0 Å². The van der Waals surface area contributed by atoms with Crippen molar-refractivity contribution in [2.75, 3.05) is 6.61 Å². The Balaban J connectivity index is 2.37. The van der Waals surface area contributed by atoms with Gasteiger partial charge in [0.15, 0.2) is 12.2 Å². The number of halogens is 1. The molecular weight excluding hydrogens is 457 g/mol. The Kier molecular flexibility index (Phi) is 9.48. The zero-order chi connectivity index (χ0) is 25.4. The lowest BCUT2D eigenvalue weighted by atomic mass is 9.95. The lowest BCUT2D eigenvalue weighted by molar-refractivity contribution is -0.271. The Morgan fingerprint density at radius 3 is 1.94 bits per heavy atom. The largest absolute Gasteiger partial charge is 0.463 e. The van der Waals surface area contributed by atoms with E-state index in [1.165, 1.54) is 24.3 Å². The molecule has 1 heterocycles. The molecule has 12 heteroatoms. The van der Waals surface area contributed by atoms with Crippen molar-refractivity contribution < 1.29 is 52.0 Å². The molecule has 0 unspecified atom stereocenters. The van der Waals surface area contributed by atoms with E-state index in [2.05, 4.69) is 5.32 Å². The lowest BCUT2D eigenvalue weighted by Gasteiger charge is -2.44. The summed E-state index contributed by atoms with van der Waals surface area (Å²) in [5.74, 6) is -4.06. The SMILES string of the molecule is CC(=O)OC[C@H]1O[C@@H](OC(C)=O)[C@H](NC(=O)Cc2ccc(F)cc2)[C@@H](OC(C)=O)[C@@H]1OC(C)=O. The van der Waals surface area contributed by atoms with Gasteiger partial charge in [-0.25, -0.2) is 4.39 Å². The molecule has 1 aromatic carbocycles. The first-order chi connectivity index (χ1) is 16.0. The lowest BCUT2D eigenvalue weighted by Crippen LogP contribution is -2.67. The second-order valence-corrected chi connectivity index (χ2v) is 7.50. The van der Waals surface area contributed by atoms with Gasteiger partial charge in [0.1, 0.15) is 24.6 Å². The Bertz CT molecular complexity index is 919. The number of amides is 1. The second kappa shape index (κ2) is 12.1. The molecule has 0 aliphatic carbocycles. The molecule has 11 nitrogen and oxygen atoms in total. The zero-order valence-corrected chi connectivity index (χ0v) is 19.1. The summed E-state index contributed by atoms with van der Waals surface area (Å²) in [5.41, 5.74) is 0.480. The third-order valence-corrected chi connectivity index (χ3v) is 4.59. The van der Waals surface area contributed by atoms with Gasteiger partial charge in [0.2, 0.25) is 12.2 Å². The van der Waals surface area contributed by atoms with E-state index in [0.29, 0.717) is 5.56 Å². The van der Waals surface area contributed by atoms with Gasteiger partial charge in [-0.05, 0) is 17.7 Å². The van der Waals surface area contributed by atoms with Crippen LogP contribution in [0.4, 0.5) is 4.39 Å². The second-order valence-electron chi connectivity index (χ2n) is 7.50. The maximum absolute atomic E-state index is 13.2. The van der Waals surface area contributed by atoms with Crippen molar-refractivity contribution in [3.63, 3.8) is 0 Å². The predicted octanol–water partition coefficient (Wildman–Crippen LogP) is 0.568. The van der Waals surface area contributed by atoms with Crippen LogP contribution >= 0.6 is 0 Å². The number of benzene rings is 1. The molecule has 0 radical (unpaired) electrons. The normalized spacial score (nSPS) is 23.9. The van der Waals surface area contributed by atoms with E-state index in [1.807, 2.05) is 0 Å². The molecule has 1 saturated heterocycles. The van der Waals surface area contributed by atoms with Crippen LogP contribution in [0, 0.1) is 5.82 Å².